The van der Waals surface area contributed by atoms with Crippen molar-refractivity contribution in [2.45, 2.75) is 60.3 Å². The van der Waals surface area contributed by atoms with Crippen molar-refractivity contribution in [1.29, 1.82) is 0 Å². The second-order valence-electron chi connectivity index (χ2n) is 10.8. The Morgan fingerprint density at radius 2 is 1.32 bits per heavy atom. The molecule has 5 heterocycles. The summed E-state index contributed by atoms with van der Waals surface area (Å²) in [5.41, 5.74) is 13.4. The second-order valence-corrected chi connectivity index (χ2v) is 11.3. The normalized spacial score (nSPS) is 13.1. The van der Waals surface area contributed by atoms with Gasteiger partial charge >= 0.3 is 29.0 Å². The van der Waals surface area contributed by atoms with E-state index in [1.807, 2.05) is 38.1 Å². The van der Waals surface area contributed by atoms with Gasteiger partial charge in [-0.25, -0.2) is 14.8 Å². The molecule has 0 saturated heterocycles. The predicted octanol–water partition coefficient (Wildman–Crippen LogP) is 6.59. The standard InChI is InChI=1S/C34H36N4O4S.Fe/c1-6-21-17(2)25-13-26-18(3)22(7-9-33(39)40)31(36-26)16-32-23(8-10-34(41)42)19(4)28(38-32)15-30-24(11-12-43)20(5)27(37-30)14-29(21)35-25;/h8,10,13-16H,6-7,9,11-12H2,1-5H3,(H5,35,36,37,38,39,40,41,42,43);/q;+2/p-2/b10-8+,25-13?,26-13?,27-14?,28-15?,29-14?,30-15?,31-16?,32-16?;. The first-order valence-corrected chi connectivity index (χ1v) is 14.9. The summed E-state index contributed by atoms with van der Waals surface area (Å²) < 4.78 is 0. The molecule has 0 saturated carbocycles. The molecule has 0 spiro atoms. The molecule has 2 N–H and O–H groups in total. The van der Waals surface area contributed by atoms with Crippen molar-refractivity contribution in [3.8, 4) is 0 Å². The fraction of sp³-hybridized carbons (Fsp3) is 0.294. The number of nitrogens with zero attached hydrogens (tertiary/aromatic N) is 4. The Balaban J connectivity index is 0.00000442. The molecule has 5 rings (SSSR count). The zero-order valence-corrected chi connectivity index (χ0v) is 27.3. The summed E-state index contributed by atoms with van der Waals surface area (Å²) in [5.74, 6) is -1.30. The molecule has 44 heavy (non-hydrogen) atoms. The van der Waals surface area contributed by atoms with Crippen LogP contribution in [-0.2, 0) is 39.5 Å². The number of aliphatic carboxylic acids is 2. The fourth-order valence-corrected chi connectivity index (χ4v) is 6.05. The quantitative estimate of drug-likeness (QED) is 0.142. The Morgan fingerprint density at radius 1 is 0.795 bits per heavy atom. The molecule has 2 aliphatic rings. The van der Waals surface area contributed by atoms with E-state index in [1.165, 1.54) is 0 Å². The number of carboxylic acids is 2. The number of allylic oxidation sites excluding steroid dienone is 5. The van der Waals surface area contributed by atoms with Crippen LogP contribution in [0.4, 0.5) is 0 Å². The van der Waals surface area contributed by atoms with Crippen LogP contribution >= 0.6 is 12.6 Å². The molecule has 0 fully saturated rings. The topological polar surface area (TPSA) is 129 Å². The van der Waals surface area contributed by atoms with E-state index in [0.29, 0.717) is 40.2 Å². The number of fused-ring (bicyclic) bond motifs is 8. The van der Waals surface area contributed by atoms with Crippen LogP contribution in [0.25, 0.3) is 44.4 Å². The average molecular weight is 651 g/mol. The molecule has 0 amide bonds. The van der Waals surface area contributed by atoms with Gasteiger partial charge in [0.1, 0.15) is 0 Å². The maximum atomic E-state index is 11.5. The van der Waals surface area contributed by atoms with E-state index in [2.05, 4.69) is 33.4 Å². The predicted molar refractivity (Wildman–Crippen MR) is 174 cm³/mol. The summed E-state index contributed by atoms with van der Waals surface area (Å²) >= 11 is 4.50. The van der Waals surface area contributed by atoms with Crippen LogP contribution in [-0.4, -0.2) is 37.9 Å². The monoisotopic (exact) mass is 650 g/mol. The van der Waals surface area contributed by atoms with Crippen molar-refractivity contribution >= 4 is 68.9 Å². The zero-order valence-electron chi connectivity index (χ0n) is 25.3. The Bertz CT molecular complexity index is 1930. The van der Waals surface area contributed by atoms with Gasteiger partial charge in [-0.2, -0.15) is 12.6 Å². The molecular formula is C34H34FeN4O4S. The molecule has 2 aliphatic heterocycles. The Morgan fingerprint density at radius 3 is 1.89 bits per heavy atom. The third kappa shape index (κ3) is 6.34. The number of carboxylic acid groups (broad SMARTS) is 2. The van der Waals surface area contributed by atoms with Gasteiger partial charge in [-0.1, -0.05) is 53.4 Å². The molecule has 0 unspecified atom stereocenters. The third-order valence-corrected chi connectivity index (χ3v) is 8.48. The zero-order chi connectivity index (χ0) is 31.0. The maximum absolute atomic E-state index is 11.5. The van der Waals surface area contributed by atoms with Crippen LogP contribution in [0.1, 0.15) is 78.6 Å². The van der Waals surface area contributed by atoms with Crippen LogP contribution < -0.4 is 9.97 Å². The Hall–Kier alpha value is -3.85. The SMILES string of the molecule is CCC1=C(C)c2cc3[n-]c(cc4nc(cc5[n-]c(cc1n2)c(C)c5CCS)C(C)=C4/C=C/C(=O)O)c(CCC(=O)O)c3C.[Fe+2]. The minimum Gasteiger partial charge on any atom is -0.657 e. The number of rotatable bonds is 8. The van der Waals surface area contributed by atoms with E-state index in [-0.39, 0.29) is 23.5 Å². The van der Waals surface area contributed by atoms with Gasteiger partial charge in [-0.15, -0.1) is 22.1 Å². The number of thiol groups is 1. The Kier molecular flexibility index (Phi) is 10.1. The van der Waals surface area contributed by atoms with Crippen LogP contribution in [0, 0.1) is 13.8 Å². The first-order valence-electron chi connectivity index (χ1n) is 14.3. The van der Waals surface area contributed by atoms with Crippen molar-refractivity contribution in [3.05, 3.63) is 81.4 Å². The molecule has 10 heteroatoms. The molecular weight excluding hydrogens is 616 g/mol. The van der Waals surface area contributed by atoms with Gasteiger partial charge in [0.05, 0.1) is 22.8 Å². The summed E-state index contributed by atoms with van der Waals surface area (Å²) in [4.78, 5) is 42.9. The second kappa shape index (κ2) is 13.4. The molecule has 8 bridgehead atoms. The molecule has 228 valence electrons. The van der Waals surface area contributed by atoms with Crippen LogP contribution in [0.2, 0.25) is 0 Å². The van der Waals surface area contributed by atoms with Crippen molar-refractivity contribution in [2.24, 2.45) is 0 Å². The molecule has 8 nitrogen and oxygen atoms in total. The van der Waals surface area contributed by atoms with Gasteiger partial charge in [0.25, 0.3) is 0 Å². The number of hydrogen-bond acceptors (Lipinski definition) is 5. The van der Waals surface area contributed by atoms with Crippen molar-refractivity contribution < 1.29 is 36.9 Å². The van der Waals surface area contributed by atoms with Gasteiger partial charge in [0.15, 0.2) is 0 Å². The summed E-state index contributed by atoms with van der Waals surface area (Å²) in [5, 5.41) is 18.8. The summed E-state index contributed by atoms with van der Waals surface area (Å²) in [7, 11) is 0. The molecule has 0 radical (unpaired) electrons. The smallest absolute Gasteiger partial charge is 0.657 e. The van der Waals surface area contributed by atoms with E-state index in [9.17, 15) is 19.8 Å². The number of aromatic nitrogens is 4. The van der Waals surface area contributed by atoms with Gasteiger partial charge < -0.3 is 20.2 Å². The van der Waals surface area contributed by atoms with Crippen LogP contribution in [0.15, 0.2) is 36.4 Å². The molecule has 3 aromatic rings. The van der Waals surface area contributed by atoms with Crippen molar-refractivity contribution in [2.75, 3.05) is 5.75 Å². The van der Waals surface area contributed by atoms with E-state index in [1.54, 1.807) is 6.08 Å². The summed E-state index contributed by atoms with van der Waals surface area (Å²) in [6.45, 7) is 10.1. The van der Waals surface area contributed by atoms with E-state index in [4.69, 9.17) is 19.9 Å². The number of hydrogen-bond donors (Lipinski definition) is 3. The molecule has 0 aliphatic carbocycles. The van der Waals surface area contributed by atoms with Gasteiger partial charge in [0.2, 0.25) is 0 Å². The first-order chi connectivity index (χ1) is 20.5. The van der Waals surface area contributed by atoms with Crippen molar-refractivity contribution in [1.82, 2.24) is 19.9 Å². The fourth-order valence-electron chi connectivity index (χ4n) is 5.82. The van der Waals surface area contributed by atoms with Gasteiger partial charge in [-0.3, -0.25) is 4.79 Å². The Labute approximate surface area is 272 Å². The van der Waals surface area contributed by atoms with Crippen LogP contribution in [0.5, 0.6) is 0 Å². The van der Waals surface area contributed by atoms with Gasteiger partial charge in [0, 0.05) is 18.1 Å². The largest absolute Gasteiger partial charge is 2.00 e. The third-order valence-electron chi connectivity index (χ3n) is 8.26. The van der Waals surface area contributed by atoms with E-state index in [0.717, 1.165) is 80.3 Å². The molecule has 0 atom stereocenters. The van der Waals surface area contributed by atoms with Gasteiger partial charge in [-0.05, 0) is 75.5 Å². The van der Waals surface area contributed by atoms with Crippen LogP contribution in [0.3, 0.4) is 0 Å². The number of carbonyl (C=O) groups is 2. The minimum atomic E-state index is -1.07. The number of aryl methyl sites for hydroxylation is 4. The summed E-state index contributed by atoms with van der Waals surface area (Å²) in [6.07, 6.45) is 4.43. The van der Waals surface area contributed by atoms with Crippen molar-refractivity contribution in [3.63, 3.8) is 0 Å². The maximum Gasteiger partial charge on any atom is 2.00 e. The first kappa shape index (κ1) is 33.1. The van der Waals surface area contributed by atoms with E-state index < -0.39 is 11.9 Å². The molecule has 3 aromatic heterocycles. The minimum absolute atomic E-state index is 0. The van der Waals surface area contributed by atoms with E-state index >= 15 is 0 Å². The average Bonchev–Trinajstić information content (AvgIpc) is 3.61. The molecule has 0 aromatic carbocycles. The summed E-state index contributed by atoms with van der Waals surface area (Å²) in [6, 6.07) is 7.78.